The van der Waals surface area contributed by atoms with E-state index in [-0.39, 0.29) is 23.9 Å². The molecule has 0 unspecified atom stereocenters. The number of rotatable bonds is 5. The predicted octanol–water partition coefficient (Wildman–Crippen LogP) is 2.22. The van der Waals surface area contributed by atoms with Crippen LogP contribution in [0, 0.1) is 0 Å². The first-order chi connectivity index (χ1) is 15.0. The van der Waals surface area contributed by atoms with E-state index in [1.807, 2.05) is 30.3 Å². The molecular formula is C23H25N3O5. The van der Waals surface area contributed by atoms with E-state index in [4.69, 9.17) is 9.47 Å². The first kappa shape index (κ1) is 20.9. The van der Waals surface area contributed by atoms with Gasteiger partial charge in [0, 0.05) is 25.6 Å². The molecule has 1 N–H and O–H groups in total. The largest absolute Gasteiger partial charge is 0.497 e. The molecule has 2 aromatic rings. The van der Waals surface area contributed by atoms with E-state index in [1.165, 1.54) is 5.01 Å². The van der Waals surface area contributed by atoms with E-state index < -0.39 is 12.2 Å². The zero-order valence-corrected chi connectivity index (χ0v) is 17.3. The van der Waals surface area contributed by atoms with Gasteiger partial charge < -0.3 is 19.5 Å². The molecule has 4 rings (SSSR count). The Kier molecular flexibility index (Phi) is 6.18. The average Bonchev–Trinajstić information content (AvgIpc) is 3.10. The molecule has 2 aliphatic heterocycles. The molecule has 162 valence electrons. The summed E-state index contributed by atoms with van der Waals surface area (Å²) < 4.78 is 11.2. The smallest absolute Gasteiger partial charge is 0.270 e. The lowest BCUT2D eigenvalue weighted by molar-refractivity contribution is -0.124. The third-order valence-electron chi connectivity index (χ3n) is 5.45. The first-order valence-electron chi connectivity index (χ1n) is 10.3. The number of methoxy groups -OCH3 is 1. The van der Waals surface area contributed by atoms with E-state index in [0.29, 0.717) is 43.1 Å². The maximum absolute atomic E-state index is 13.0. The number of carbonyl (C=O) groups excluding carboxylic acids is 2. The highest BCUT2D eigenvalue weighted by Crippen LogP contribution is 2.25. The monoisotopic (exact) mass is 423 g/mol. The third kappa shape index (κ3) is 4.69. The van der Waals surface area contributed by atoms with E-state index in [0.717, 1.165) is 0 Å². The highest BCUT2D eigenvalue weighted by Gasteiger charge is 2.34. The summed E-state index contributed by atoms with van der Waals surface area (Å²) in [5.74, 6) is 0.765. The van der Waals surface area contributed by atoms with Crippen LogP contribution >= 0.6 is 0 Å². The van der Waals surface area contributed by atoms with Crippen LogP contribution in [0.4, 0.5) is 5.69 Å². The van der Waals surface area contributed by atoms with Gasteiger partial charge in [0.25, 0.3) is 11.8 Å². The number of hydrazone groups is 1. The molecular weight excluding hydrogens is 398 g/mol. The molecule has 0 aromatic heterocycles. The van der Waals surface area contributed by atoms with Gasteiger partial charge in [-0.1, -0.05) is 24.3 Å². The lowest BCUT2D eigenvalue weighted by atomic mass is 10.1. The van der Waals surface area contributed by atoms with E-state index in [2.05, 4.69) is 5.10 Å². The summed E-state index contributed by atoms with van der Waals surface area (Å²) in [7, 11) is 1.58. The number of anilines is 1. The zero-order valence-electron chi connectivity index (χ0n) is 17.3. The number of ether oxygens (including phenoxy) is 2. The number of hydrogen-bond acceptors (Lipinski definition) is 6. The van der Waals surface area contributed by atoms with Gasteiger partial charge in [0.2, 0.25) is 0 Å². The Bertz CT molecular complexity index is 978. The Hall–Kier alpha value is -3.39. The number of aliphatic hydroxyl groups excluding tert-OH is 1. The van der Waals surface area contributed by atoms with Crippen molar-refractivity contribution in [1.82, 2.24) is 4.90 Å². The van der Waals surface area contributed by atoms with Crippen LogP contribution in [0.25, 0.3) is 0 Å². The van der Waals surface area contributed by atoms with Crippen LogP contribution < -0.4 is 14.5 Å². The standard InChI is InChI=1S/C23H25N3O5/c1-30-17-8-5-9-18(14-17)31-21-11-13-25(12-10-20(21)27)23(29)19-15-22(28)26(24-19)16-6-3-2-4-7-16/h2-9,14,20-21,27H,10-13,15H2,1H3/t20-,21-/m0/s1. The van der Waals surface area contributed by atoms with Gasteiger partial charge in [-0.3, -0.25) is 9.59 Å². The Morgan fingerprint density at radius 3 is 2.58 bits per heavy atom. The van der Waals surface area contributed by atoms with Gasteiger partial charge in [0.05, 0.1) is 25.3 Å². The molecule has 2 amide bonds. The first-order valence-corrected chi connectivity index (χ1v) is 10.3. The molecule has 8 heteroatoms. The van der Waals surface area contributed by atoms with Gasteiger partial charge in [0.15, 0.2) is 0 Å². The van der Waals surface area contributed by atoms with Crippen molar-refractivity contribution in [3.8, 4) is 11.5 Å². The Morgan fingerprint density at radius 2 is 1.81 bits per heavy atom. The van der Waals surface area contributed by atoms with Gasteiger partial charge in [-0.05, 0) is 30.7 Å². The van der Waals surface area contributed by atoms with Crippen LogP contribution in [0.3, 0.4) is 0 Å². The van der Waals surface area contributed by atoms with E-state index in [9.17, 15) is 14.7 Å². The second-order valence-electron chi connectivity index (χ2n) is 7.54. The number of hydrogen-bond donors (Lipinski definition) is 1. The number of para-hydroxylation sites is 1. The summed E-state index contributed by atoms with van der Waals surface area (Å²) in [4.78, 5) is 27.0. The second-order valence-corrected chi connectivity index (χ2v) is 7.54. The number of aliphatic hydroxyl groups is 1. The Balaban J connectivity index is 1.42. The third-order valence-corrected chi connectivity index (χ3v) is 5.45. The number of likely N-dealkylation sites (tertiary alicyclic amines) is 1. The van der Waals surface area contributed by atoms with Crippen molar-refractivity contribution in [2.45, 2.75) is 31.5 Å². The highest BCUT2D eigenvalue weighted by molar-refractivity contribution is 6.44. The van der Waals surface area contributed by atoms with Gasteiger partial charge >= 0.3 is 0 Å². The fraction of sp³-hybridized carbons (Fsp3) is 0.348. The van der Waals surface area contributed by atoms with Crippen LogP contribution in [-0.4, -0.2) is 59.9 Å². The molecule has 0 spiro atoms. The summed E-state index contributed by atoms with van der Waals surface area (Å²) in [6.07, 6.45) is -0.344. The average molecular weight is 423 g/mol. The summed E-state index contributed by atoms with van der Waals surface area (Å²) in [6, 6.07) is 16.2. The van der Waals surface area contributed by atoms with Crippen molar-refractivity contribution >= 4 is 23.2 Å². The number of nitrogens with zero attached hydrogens (tertiary/aromatic N) is 3. The molecule has 2 aliphatic rings. The number of amides is 2. The second kappa shape index (κ2) is 9.18. The SMILES string of the molecule is COc1cccc(O[C@H]2CCN(C(=O)C3=NN(c4ccccc4)C(=O)C3)CC[C@@H]2O)c1. The summed E-state index contributed by atoms with van der Waals surface area (Å²) in [5.41, 5.74) is 0.851. The molecule has 0 saturated carbocycles. The summed E-state index contributed by atoms with van der Waals surface area (Å²) in [5, 5.41) is 16.1. The molecule has 8 nitrogen and oxygen atoms in total. The van der Waals surface area contributed by atoms with Crippen LogP contribution in [0.2, 0.25) is 0 Å². The zero-order chi connectivity index (χ0) is 21.8. The minimum absolute atomic E-state index is 0.0312. The van der Waals surface area contributed by atoms with E-state index >= 15 is 0 Å². The lowest BCUT2D eigenvalue weighted by Crippen LogP contribution is -2.37. The van der Waals surface area contributed by atoms with Crippen molar-refractivity contribution in [3.63, 3.8) is 0 Å². The minimum Gasteiger partial charge on any atom is -0.497 e. The lowest BCUT2D eigenvalue weighted by Gasteiger charge is -2.22. The quantitative estimate of drug-likeness (QED) is 0.796. The van der Waals surface area contributed by atoms with Crippen molar-refractivity contribution in [2.24, 2.45) is 5.10 Å². The highest BCUT2D eigenvalue weighted by atomic mass is 16.5. The van der Waals surface area contributed by atoms with Crippen LogP contribution in [0.1, 0.15) is 19.3 Å². The van der Waals surface area contributed by atoms with Crippen LogP contribution in [0.15, 0.2) is 59.7 Å². The molecule has 1 saturated heterocycles. The number of benzene rings is 2. The molecule has 2 atom stereocenters. The van der Waals surface area contributed by atoms with Gasteiger partial charge in [-0.15, -0.1) is 0 Å². The van der Waals surface area contributed by atoms with Crippen molar-refractivity contribution in [3.05, 3.63) is 54.6 Å². The summed E-state index contributed by atoms with van der Waals surface area (Å²) >= 11 is 0. The molecule has 31 heavy (non-hydrogen) atoms. The molecule has 1 fully saturated rings. The van der Waals surface area contributed by atoms with Crippen molar-refractivity contribution in [1.29, 1.82) is 0 Å². The molecule has 0 aliphatic carbocycles. The maximum atomic E-state index is 13.0. The van der Waals surface area contributed by atoms with Gasteiger partial charge in [-0.2, -0.15) is 10.1 Å². The van der Waals surface area contributed by atoms with Crippen LogP contribution in [0.5, 0.6) is 11.5 Å². The molecule has 0 bridgehead atoms. The van der Waals surface area contributed by atoms with Crippen LogP contribution in [-0.2, 0) is 9.59 Å². The van der Waals surface area contributed by atoms with E-state index in [1.54, 1.807) is 36.3 Å². The minimum atomic E-state index is -0.711. The summed E-state index contributed by atoms with van der Waals surface area (Å²) in [6.45, 7) is 0.777. The Labute approximate surface area is 180 Å². The normalized spacial score (nSPS) is 21.5. The molecule has 0 radical (unpaired) electrons. The molecule has 2 aromatic carbocycles. The number of carbonyl (C=O) groups is 2. The fourth-order valence-electron chi connectivity index (χ4n) is 3.75. The van der Waals surface area contributed by atoms with Gasteiger partial charge in [0.1, 0.15) is 23.3 Å². The Morgan fingerprint density at radius 1 is 1.06 bits per heavy atom. The fourth-order valence-corrected chi connectivity index (χ4v) is 3.75. The van der Waals surface area contributed by atoms with Gasteiger partial charge in [-0.25, -0.2) is 0 Å². The van der Waals surface area contributed by atoms with Crippen molar-refractivity contribution < 1.29 is 24.2 Å². The predicted molar refractivity (Wildman–Crippen MR) is 115 cm³/mol. The van der Waals surface area contributed by atoms with Crippen molar-refractivity contribution in [2.75, 3.05) is 25.2 Å². The topological polar surface area (TPSA) is 91.7 Å². The molecule has 2 heterocycles. The maximum Gasteiger partial charge on any atom is 0.270 e.